The number of amides is 2. The van der Waals surface area contributed by atoms with Crippen molar-refractivity contribution in [3.63, 3.8) is 0 Å². The zero-order chi connectivity index (χ0) is 15.6. The predicted molar refractivity (Wildman–Crippen MR) is 77.2 cm³/mol. The van der Waals surface area contributed by atoms with Crippen LogP contribution in [0.5, 0.6) is 0 Å². The number of hydrogen-bond acceptors (Lipinski definition) is 4. The molecule has 21 heavy (non-hydrogen) atoms. The number of carboxylic acids is 1. The van der Waals surface area contributed by atoms with Gasteiger partial charge in [-0.2, -0.15) is 0 Å². The Bertz CT molecular complexity index is 409. The van der Waals surface area contributed by atoms with Gasteiger partial charge in [0.15, 0.2) is 0 Å². The van der Waals surface area contributed by atoms with Gasteiger partial charge in [-0.25, -0.2) is 9.59 Å². The minimum absolute atomic E-state index is 0.00769. The summed E-state index contributed by atoms with van der Waals surface area (Å²) >= 11 is 0. The van der Waals surface area contributed by atoms with Crippen LogP contribution < -0.4 is 0 Å². The maximum Gasteiger partial charge on any atom is 0.329 e. The summed E-state index contributed by atoms with van der Waals surface area (Å²) in [6.07, 6.45) is 2.32. The maximum absolute atomic E-state index is 12.3. The van der Waals surface area contributed by atoms with Crippen molar-refractivity contribution in [2.24, 2.45) is 0 Å². The number of likely N-dealkylation sites (N-methyl/N-ethyl adjacent to an activating group) is 2. The first-order valence-corrected chi connectivity index (χ1v) is 7.37. The van der Waals surface area contributed by atoms with E-state index in [4.69, 9.17) is 9.84 Å². The molecule has 1 unspecified atom stereocenters. The topological polar surface area (TPSA) is 73.3 Å². The standard InChI is InChI=1S/C14H25N3O4/c1-14(21-8-12(18)19)9-17(10-14)13(20)16(3)7-11-5-4-6-15(11)2/h11H,4-10H2,1-3H3,(H,18,19). The van der Waals surface area contributed by atoms with E-state index in [0.29, 0.717) is 19.1 Å². The molecule has 7 nitrogen and oxygen atoms in total. The number of urea groups is 1. The minimum atomic E-state index is -0.984. The molecule has 2 aliphatic rings. The molecule has 2 aliphatic heterocycles. The van der Waals surface area contributed by atoms with Crippen molar-refractivity contribution in [2.75, 3.05) is 46.9 Å². The Hall–Kier alpha value is -1.34. The first-order chi connectivity index (χ1) is 9.81. The summed E-state index contributed by atoms with van der Waals surface area (Å²) in [4.78, 5) is 28.6. The summed E-state index contributed by atoms with van der Waals surface area (Å²) < 4.78 is 5.32. The van der Waals surface area contributed by atoms with Crippen LogP contribution in [0.4, 0.5) is 4.79 Å². The van der Waals surface area contributed by atoms with E-state index in [9.17, 15) is 9.59 Å². The summed E-state index contributed by atoms with van der Waals surface area (Å²) in [5.41, 5.74) is -0.529. The molecule has 0 aromatic rings. The van der Waals surface area contributed by atoms with Crippen LogP contribution in [0, 0.1) is 0 Å². The molecule has 2 heterocycles. The van der Waals surface area contributed by atoms with E-state index < -0.39 is 11.6 Å². The molecular weight excluding hydrogens is 274 g/mol. The van der Waals surface area contributed by atoms with Crippen LogP contribution in [-0.4, -0.2) is 90.3 Å². The highest BCUT2D eigenvalue weighted by Crippen LogP contribution is 2.26. The summed E-state index contributed by atoms with van der Waals surface area (Å²) in [7, 11) is 3.92. The van der Waals surface area contributed by atoms with Crippen molar-refractivity contribution in [1.82, 2.24) is 14.7 Å². The lowest BCUT2D eigenvalue weighted by Crippen LogP contribution is -2.65. The van der Waals surface area contributed by atoms with E-state index in [0.717, 1.165) is 19.5 Å². The van der Waals surface area contributed by atoms with Crippen molar-refractivity contribution < 1.29 is 19.4 Å². The highest BCUT2D eigenvalue weighted by molar-refractivity contribution is 5.75. The average molecular weight is 299 g/mol. The molecule has 1 N–H and O–H groups in total. The van der Waals surface area contributed by atoms with Crippen molar-refractivity contribution in [3.05, 3.63) is 0 Å². The molecule has 0 aromatic carbocycles. The Balaban J connectivity index is 1.76. The van der Waals surface area contributed by atoms with Crippen LogP contribution in [0.1, 0.15) is 19.8 Å². The molecule has 0 saturated carbocycles. The van der Waals surface area contributed by atoms with Gasteiger partial charge in [-0.05, 0) is 33.4 Å². The zero-order valence-corrected chi connectivity index (χ0v) is 13.0. The minimum Gasteiger partial charge on any atom is -0.480 e. The lowest BCUT2D eigenvalue weighted by molar-refractivity contribution is -0.160. The summed E-state index contributed by atoms with van der Waals surface area (Å²) in [6, 6.07) is 0.432. The van der Waals surface area contributed by atoms with Gasteiger partial charge in [-0.15, -0.1) is 0 Å². The van der Waals surface area contributed by atoms with E-state index in [2.05, 4.69) is 11.9 Å². The van der Waals surface area contributed by atoms with E-state index in [1.54, 1.807) is 9.80 Å². The third-order valence-electron chi connectivity index (χ3n) is 4.35. The SMILES string of the molecule is CN(CC1CCCN1C)C(=O)N1CC(C)(OCC(=O)O)C1. The van der Waals surface area contributed by atoms with Gasteiger partial charge in [-0.1, -0.05) is 0 Å². The molecular formula is C14H25N3O4. The molecule has 1 atom stereocenters. The maximum atomic E-state index is 12.3. The van der Waals surface area contributed by atoms with Gasteiger partial charge in [0, 0.05) is 19.6 Å². The van der Waals surface area contributed by atoms with Crippen LogP contribution in [0.25, 0.3) is 0 Å². The smallest absolute Gasteiger partial charge is 0.329 e. The van der Waals surface area contributed by atoms with Crippen LogP contribution in [0.3, 0.4) is 0 Å². The number of aliphatic carboxylic acids is 1. The molecule has 2 fully saturated rings. The molecule has 0 bridgehead atoms. The van der Waals surface area contributed by atoms with Gasteiger partial charge in [0.2, 0.25) is 0 Å². The largest absolute Gasteiger partial charge is 0.480 e. The number of hydrogen-bond donors (Lipinski definition) is 1. The quantitative estimate of drug-likeness (QED) is 0.791. The van der Waals surface area contributed by atoms with E-state index in [1.807, 2.05) is 14.0 Å². The Morgan fingerprint density at radius 1 is 1.43 bits per heavy atom. The van der Waals surface area contributed by atoms with Crippen molar-refractivity contribution in [3.8, 4) is 0 Å². The molecule has 0 radical (unpaired) electrons. The number of ether oxygens (including phenoxy) is 1. The Morgan fingerprint density at radius 2 is 2.10 bits per heavy atom. The van der Waals surface area contributed by atoms with Gasteiger partial charge in [-0.3, -0.25) is 0 Å². The van der Waals surface area contributed by atoms with Gasteiger partial charge in [0.05, 0.1) is 13.1 Å². The number of carboxylic acid groups (broad SMARTS) is 1. The second-order valence-electron chi connectivity index (χ2n) is 6.43. The number of likely N-dealkylation sites (tertiary alicyclic amines) is 2. The highest BCUT2D eigenvalue weighted by atomic mass is 16.5. The lowest BCUT2D eigenvalue weighted by Gasteiger charge is -2.48. The van der Waals surface area contributed by atoms with Crippen molar-refractivity contribution in [2.45, 2.75) is 31.4 Å². The molecule has 120 valence electrons. The first kappa shape index (κ1) is 16.0. The second kappa shape index (κ2) is 6.19. The predicted octanol–water partition coefficient (Wildman–Crippen LogP) is 0.308. The van der Waals surface area contributed by atoms with E-state index in [1.165, 1.54) is 6.42 Å². The Labute approximate surface area is 125 Å². The second-order valence-corrected chi connectivity index (χ2v) is 6.43. The van der Waals surface area contributed by atoms with E-state index >= 15 is 0 Å². The first-order valence-electron chi connectivity index (χ1n) is 7.37. The number of carbonyl (C=O) groups excluding carboxylic acids is 1. The highest BCUT2D eigenvalue weighted by Gasteiger charge is 2.43. The lowest BCUT2D eigenvalue weighted by atomic mass is 9.97. The van der Waals surface area contributed by atoms with Crippen molar-refractivity contribution >= 4 is 12.0 Å². The van der Waals surface area contributed by atoms with Gasteiger partial charge < -0.3 is 24.5 Å². The molecule has 0 spiro atoms. The van der Waals surface area contributed by atoms with Crippen LogP contribution in [0.15, 0.2) is 0 Å². The van der Waals surface area contributed by atoms with Gasteiger partial charge >= 0.3 is 12.0 Å². The summed E-state index contributed by atoms with van der Waals surface area (Å²) in [5, 5.41) is 8.63. The average Bonchev–Trinajstić information content (AvgIpc) is 2.78. The summed E-state index contributed by atoms with van der Waals surface area (Å²) in [5.74, 6) is -0.984. The molecule has 2 rings (SSSR count). The fraction of sp³-hybridized carbons (Fsp3) is 0.857. The molecule has 0 aliphatic carbocycles. The third-order valence-corrected chi connectivity index (χ3v) is 4.35. The molecule has 2 amide bonds. The third kappa shape index (κ3) is 3.85. The Kier molecular flexibility index (Phi) is 4.73. The molecule has 7 heteroatoms. The van der Waals surface area contributed by atoms with Crippen LogP contribution >= 0.6 is 0 Å². The van der Waals surface area contributed by atoms with Crippen molar-refractivity contribution in [1.29, 1.82) is 0 Å². The zero-order valence-electron chi connectivity index (χ0n) is 13.0. The number of carbonyl (C=O) groups is 2. The fourth-order valence-corrected chi connectivity index (χ4v) is 3.07. The molecule has 2 saturated heterocycles. The normalized spacial score (nSPS) is 24.7. The number of rotatable bonds is 5. The monoisotopic (exact) mass is 299 g/mol. The van der Waals surface area contributed by atoms with E-state index in [-0.39, 0.29) is 12.6 Å². The Morgan fingerprint density at radius 3 is 2.62 bits per heavy atom. The van der Waals surface area contributed by atoms with Crippen LogP contribution in [0.2, 0.25) is 0 Å². The van der Waals surface area contributed by atoms with Gasteiger partial charge in [0.1, 0.15) is 12.2 Å². The molecule has 0 aromatic heterocycles. The summed E-state index contributed by atoms with van der Waals surface area (Å²) in [6.45, 7) is 4.25. The van der Waals surface area contributed by atoms with Crippen LogP contribution in [-0.2, 0) is 9.53 Å². The number of nitrogens with zero attached hydrogens (tertiary/aromatic N) is 3. The fourth-order valence-electron chi connectivity index (χ4n) is 3.07. The van der Waals surface area contributed by atoms with Gasteiger partial charge in [0.25, 0.3) is 0 Å².